The van der Waals surface area contributed by atoms with Crippen LogP contribution in [0.5, 0.6) is 0 Å². The van der Waals surface area contributed by atoms with Crippen molar-refractivity contribution in [1.82, 2.24) is 4.98 Å². The molecule has 20 heavy (non-hydrogen) atoms. The van der Waals surface area contributed by atoms with E-state index in [-0.39, 0.29) is 39.7 Å². The van der Waals surface area contributed by atoms with E-state index in [0.717, 1.165) is 0 Å². The largest absolute Gasteiger partial charge is 0.449 e. The molecule has 1 aliphatic carbocycles. The van der Waals surface area contributed by atoms with Crippen molar-refractivity contribution in [1.29, 1.82) is 5.26 Å². The Morgan fingerprint density at radius 1 is 1.25 bits per heavy atom. The first-order valence-corrected chi connectivity index (χ1v) is 5.67. The van der Waals surface area contributed by atoms with Crippen LogP contribution in [0.1, 0.15) is 55.2 Å². The average molecular weight is 266 g/mol. The van der Waals surface area contributed by atoms with Gasteiger partial charge in [0.25, 0.3) is 0 Å². The minimum absolute atomic E-state index is 0.0320. The van der Waals surface area contributed by atoms with Crippen LogP contribution in [0, 0.1) is 11.3 Å². The summed E-state index contributed by atoms with van der Waals surface area (Å²) in [6, 6.07) is 4.42. The molecule has 2 heterocycles. The van der Waals surface area contributed by atoms with E-state index in [0.29, 0.717) is 0 Å². The molecule has 3 rings (SSSR count). The molecule has 0 radical (unpaired) electrons. The lowest BCUT2D eigenvalue weighted by Gasteiger charge is -2.11. The Morgan fingerprint density at radius 3 is 2.65 bits per heavy atom. The number of Topliss-reactive ketones (excluding diaryl/α,β-unsaturated/α-hetero) is 1. The second-order valence-corrected chi connectivity index (χ2v) is 4.30. The number of nitriles is 1. The maximum Gasteiger partial charge on any atom is 0.248 e. The van der Waals surface area contributed by atoms with Gasteiger partial charge in [-0.2, -0.15) is 5.26 Å². The molecule has 6 nitrogen and oxygen atoms in total. The van der Waals surface area contributed by atoms with Crippen molar-refractivity contribution < 1.29 is 18.8 Å². The standard InChI is InChI=1S/C14H6N2O4/c1-6(17)10-3-9-12(18)8-2-7(4-15)5-16-11(8)13(19)14(9)20-10/h2-3,5H,1H3. The molecule has 0 atom stereocenters. The molecule has 0 amide bonds. The molecule has 0 fully saturated rings. The first-order chi connectivity index (χ1) is 9.52. The summed E-state index contributed by atoms with van der Waals surface area (Å²) in [4.78, 5) is 39.6. The van der Waals surface area contributed by atoms with Crippen LogP contribution in [0.15, 0.2) is 22.7 Å². The van der Waals surface area contributed by atoms with E-state index >= 15 is 0 Å². The fourth-order valence-electron chi connectivity index (χ4n) is 2.03. The molecule has 6 heteroatoms. The van der Waals surface area contributed by atoms with Gasteiger partial charge in [-0.1, -0.05) is 0 Å². The molecule has 1 aliphatic rings. The average Bonchev–Trinajstić information content (AvgIpc) is 2.90. The molecule has 2 aromatic heterocycles. The van der Waals surface area contributed by atoms with Gasteiger partial charge in [0.05, 0.1) is 16.7 Å². The summed E-state index contributed by atoms with van der Waals surface area (Å²) in [5.41, 5.74) is 0.205. The molecule has 0 saturated carbocycles. The van der Waals surface area contributed by atoms with E-state index in [1.54, 1.807) is 0 Å². The van der Waals surface area contributed by atoms with Gasteiger partial charge in [-0.3, -0.25) is 19.4 Å². The number of hydrogen-bond donors (Lipinski definition) is 0. The van der Waals surface area contributed by atoms with Crippen molar-refractivity contribution in [3.8, 4) is 6.07 Å². The minimum atomic E-state index is -0.563. The molecule has 0 aromatic carbocycles. The summed E-state index contributed by atoms with van der Waals surface area (Å²) in [5, 5.41) is 8.81. The van der Waals surface area contributed by atoms with Crippen molar-refractivity contribution in [2.75, 3.05) is 0 Å². The summed E-state index contributed by atoms with van der Waals surface area (Å²) in [7, 11) is 0. The van der Waals surface area contributed by atoms with Crippen LogP contribution in [-0.2, 0) is 0 Å². The highest BCUT2D eigenvalue weighted by atomic mass is 16.4. The molecule has 0 aliphatic heterocycles. The zero-order chi connectivity index (χ0) is 14.4. The fourth-order valence-corrected chi connectivity index (χ4v) is 2.03. The van der Waals surface area contributed by atoms with Gasteiger partial charge in [0.1, 0.15) is 11.8 Å². The van der Waals surface area contributed by atoms with Crippen LogP contribution >= 0.6 is 0 Å². The first-order valence-electron chi connectivity index (χ1n) is 5.67. The number of carbonyl (C=O) groups excluding carboxylic acids is 3. The lowest BCUT2D eigenvalue weighted by Crippen LogP contribution is -2.20. The number of fused-ring (bicyclic) bond motifs is 2. The van der Waals surface area contributed by atoms with E-state index in [2.05, 4.69) is 4.98 Å². The number of furan rings is 1. The zero-order valence-corrected chi connectivity index (χ0v) is 10.3. The van der Waals surface area contributed by atoms with Crippen LogP contribution in [0.4, 0.5) is 0 Å². The molecule has 0 saturated heterocycles. The van der Waals surface area contributed by atoms with Crippen molar-refractivity contribution >= 4 is 17.3 Å². The molecule has 0 spiro atoms. The van der Waals surface area contributed by atoms with Crippen molar-refractivity contribution in [2.24, 2.45) is 0 Å². The topological polar surface area (TPSA) is 101 Å². The van der Waals surface area contributed by atoms with E-state index in [1.807, 2.05) is 6.07 Å². The highest BCUT2D eigenvalue weighted by molar-refractivity contribution is 6.27. The summed E-state index contributed by atoms with van der Waals surface area (Å²) >= 11 is 0. The molecular weight excluding hydrogens is 260 g/mol. The first kappa shape index (κ1) is 12.0. The minimum Gasteiger partial charge on any atom is -0.449 e. The third-order valence-electron chi connectivity index (χ3n) is 3.01. The van der Waals surface area contributed by atoms with E-state index < -0.39 is 11.6 Å². The lowest BCUT2D eigenvalue weighted by atomic mass is 9.91. The number of ketones is 3. The van der Waals surface area contributed by atoms with Crippen LogP contribution in [0.2, 0.25) is 0 Å². The highest BCUT2D eigenvalue weighted by Gasteiger charge is 2.35. The quantitative estimate of drug-likeness (QED) is 0.619. The maximum atomic E-state index is 12.3. The predicted octanol–water partition coefficient (Wildman–Crippen LogP) is 1.52. The second kappa shape index (κ2) is 3.96. The Morgan fingerprint density at radius 2 is 2.00 bits per heavy atom. The Hall–Kier alpha value is -3.07. The van der Waals surface area contributed by atoms with Crippen LogP contribution in [0.3, 0.4) is 0 Å². The van der Waals surface area contributed by atoms with Gasteiger partial charge in [-0.05, 0) is 12.1 Å². The number of hydrogen-bond acceptors (Lipinski definition) is 6. The summed E-state index contributed by atoms with van der Waals surface area (Å²) in [5.74, 6) is -1.65. The van der Waals surface area contributed by atoms with Crippen LogP contribution in [0.25, 0.3) is 0 Å². The summed E-state index contributed by atoms with van der Waals surface area (Å²) in [6.07, 6.45) is 1.21. The molecule has 0 N–H and O–H groups in total. The lowest BCUT2D eigenvalue weighted by molar-refractivity contribution is 0.0944. The normalized spacial score (nSPS) is 12.6. The monoisotopic (exact) mass is 266 g/mol. The van der Waals surface area contributed by atoms with Gasteiger partial charge in [0.15, 0.2) is 23.1 Å². The smallest absolute Gasteiger partial charge is 0.248 e. The maximum absolute atomic E-state index is 12.3. The Kier molecular flexibility index (Phi) is 2.38. The molecule has 0 bridgehead atoms. The Balaban J connectivity index is 2.25. The van der Waals surface area contributed by atoms with E-state index in [4.69, 9.17) is 9.68 Å². The number of rotatable bonds is 1. The van der Waals surface area contributed by atoms with Gasteiger partial charge in [0.2, 0.25) is 5.78 Å². The number of aromatic nitrogens is 1. The third kappa shape index (κ3) is 1.50. The summed E-state index contributed by atoms with van der Waals surface area (Å²) in [6.45, 7) is 1.28. The molecule has 96 valence electrons. The van der Waals surface area contributed by atoms with Gasteiger partial charge in [-0.25, -0.2) is 0 Å². The molecular formula is C14H6N2O4. The Labute approximate surface area is 112 Å². The predicted molar refractivity (Wildman–Crippen MR) is 64.5 cm³/mol. The number of nitrogens with zero attached hydrogens (tertiary/aromatic N) is 2. The second-order valence-electron chi connectivity index (χ2n) is 4.30. The number of carbonyl (C=O) groups is 3. The van der Waals surface area contributed by atoms with Crippen molar-refractivity contribution in [2.45, 2.75) is 6.92 Å². The van der Waals surface area contributed by atoms with Crippen molar-refractivity contribution in [3.63, 3.8) is 0 Å². The van der Waals surface area contributed by atoms with Crippen LogP contribution < -0.4 is 0 Å². The zero-order valence-electron chi connectivity index (χ0n) is 10.3. The fraction of sp³-hybridized carbons (Fsp3) is 0.0714. The van der Waals surface area contributed by atoms with Gasteiger partial charge in [-0.15, -0.1) is 0 Å². The molecule has 0 unspecified atom stereocenters. The van der Waals surface area contributed by atoms with Gasteiger partial charge < -0.3 is 4.42 Å². The SMILES string of the molecule is CC(=O)c1cc2c(o1)C(=O)c1ncc(C#N)cc1C2=O. The van der Waals surface area contributed by atoms with Gasteiger partial charge in [0, 0.05) is 13.1 Å². The highest BCUT2D eigenvalue weighted by Crippen LogP contribution is 2.29. The van der Waals surface area contributed by atoms with E-state index in [1.165, 1.54) is 25.3 Å². The van der Waals surface area contributed by atoms with Crippen molar-refractivity contribution in [3.05, 3.63) is 52.2 Å². The van der Waals surface area contributed by atoms with Gasteiger partial charge >= 0.3 is 0 Å². The number of pyridine rings is 1. The van der Waals surface area contributed by atoms with E-state index in [9.17, 15) is 14.4 Å². The Bertz CT molecular complexity index is 839. The summed E-state index contributed by atoms with van der Waals surface area (Å²) < 4.78 is 5.14. The third-order valence-corrected chi connectivity index (χ3v) is 3.01. The van der Waals surface area contributed by atoms with Crippen LogP contribution in [-0.4, -0.2) is 22.3 Å². The molecule has 2 aromatic rings.